The number of ether oxygens (including phenoxy) is 7. The molecule has 3 aromatic rings. The molecular formula is C43H53NO9. The van der Waals surface area contributed by atoms with Gasteiger partial charge in [-0.3, -0.25) is 4.79 Å². The molecule has 10 heteroatoms. The zero-order chi connectivity index (χ0) is 37.2. The summed E-state index contributed by atoms with van der Waals surface area (Å²) in [7, 11) is 6.42. The molecule has 2 fully saturated rings. The number of fused-ring (bicyclic) bond motifs is 9. The van der Waals surface area contributed by atoms with E-state index in [4.69, 9.17) is 33.2 Å². The summed E-state index contributed by atoms with van der Waals surface area (Å²) in [5.41, 5.74) is 2.65. The van der Waals surface area contributed by atoms with E-state index in [2.05, 4.69) is 0 Å². The standard InChI is InChI=1S/C43H53NO9/c1-47-36-21-19-29(25-37(36)48-2)18-20-35-31-15-12-16-33(26-31)51-23-10-11-24-52-41-38(49-3)27-32(28-39(41)50-4)40(30-13-6-5-7-14-30)42(45)44-22-9-8-17-34(44)43(46)53-35/h10-12,15-16,19,21,25-28,30,34-35,40H,5-9,13-14,17-18,20,22-24H2,1-4H3/b11-10+/t34-,35+,40-/m0/s1. The van der Waals surface area contributed by atoms with Crippen LogP contribution in [0, 0.1) is 5.92 Å². The molecule has 284 valence electrons. The van der Waals surface area contributed by atoms with Crippen molar-refractivity contribution >= 4 is 11.9 Å². The van der Waals surface area contributed by atoms with E-state index in [-0.39, 0.29) is 24.4 Å². The Morgan fingerprint density at radius 2 is 1.40 bits per heavy atom. The molecule has 0 aromatic heterocycles. The maximum absolute atomic E-state index is 15.0. The molecule has 4 bridgehead atoms. The molecule has 3 heterocycles. The number of nitrogens with zero attached hydrogens (tertiary/aromatic N) is 1. The Morgan fingerprint density at radius 3 is 2.11 bits per heavy atom. The molecule has 1 saturated heterocycles. The van der Waals surface area contributed by atoms with Crippen molar-refractivity contribution in [2.24, 2.45) is 5.92 Å². The molecule has 1 amide bonds. The second kappa shape index (κ2) is 18.3. The van der Waals surface area contributed by atoms with Gasteiger partial charge in [-0.1, -0.05) is 37.5 Å². The first-order valence-corrected chi connectivity index (χ1v) is 18.9. The van der Waals surface area contributed by atoms with Gasteiger partial charge in [0, 0.05) is 6.54 Å². The van der Waals surface area contributed by atoms with Crippen LogP contribution in [0.5, 0.6) is 34.5 Å². The summed E-state index contributed by atoms with van der Waals surface area (Å²) >= 11 is 0. The monoisotopic (exact) mass is 727 g/mol. The molecule has 0 N–H and O–H groups in total. The third-order valence-corrected chi connectivity index (χ3v) is 10.8. The van der Waals surface area contributed by atoms with Gasteiger partial charge in [0.15, 0.2) is 23.0 Å². The number of piperidine rings is 1. The quantitative estimate of drug-likeness (QED) is 0.169. The highest BCUT2D eigenvalue weighted by Crippen LogP contribution is 2.45. The Balaban J connectivity index is 1.37. The van der Waals surface area contributed by atoms with E-state index in [0.717, 1.165) is 61.6 Å². The first kappa shape index (κ1) is 37.9. The van der Waals surface area contributed by atoms with Gasteiger partial charge in [0.25, 0.3) is 0 Å². The maximum atomic E-state index is 15.0. The SMILES string of the molecule is COc1ccc(CC[C@H]2OC(=O)[C@@H]3CCCCN3C(=O)[C@@H](C3CCCCC3)c3cc(OC)c(c(OC)c3)OC/C=C/COc3cccc2c3)cc1OC. The summed E-state index contributed by atoms with van der Waals surface area (Å²) < 4.78 is 41.4. The van der Waals surface area contributed by atoms with Gasteiger partial charge in [-0.25, -0.2) is 4.79 Å². The van der Waals surface area contributed by atoms with Gasteiger partial charge in [-0.2, -0.15) is 0 Å². The van der Waals surface area contributed by atoms with E-state index < -0.39 is 18.1 Å². The molecule has 3 aromatic carbocycles. The molecule has 0 unspecified atom stereocenters. The third-order valence-electron chi connectivity index (χ3n) is 10.8. The number of carbonyl (C=O) groups is 2. The molecule has 3 aliphatic heterocycles. The molecule has 53 heavy (non-hydrogen) atoms. The fourth-order valence-electron chi connectivity index (χ4n) is 7.99. The Morgan fingerprint density at radius 1 is 0.698 bits per heavy atom. The van der Waals surface area contributed by atoms with E-state index in [1.54, 1.807) is 33.3 Å². The van der Waals surface area contributed by atoms with Crippen molar-refractivity contribution in [3.63, 3.8) is 0 Å². The highest BCUT2D eigenvalue weighted by Gasteiger charge is 2.41. The Labute approximate surface area is 313 Å². The van der Waals surface area contributed by atoms with Crippen molar-refractivity contribution in [3.8, 4) is 34.5 Å². The van der Waals surface area contributed by atoms with Crippen molar-refractivity contribution in [2.75, 3.05) is 48.2 Å². The number of hydrogen-bond donors (Lipinski definition) is 0. The number of hydrogen-bond acceptors (Lipinski definition) is 9. The van der Waals surface area contributed by atoms with Gasteiger partial charge < -0.3 is 38.1 Å². The van der Waals surface area contributed by atoms with Crippen LogP contribution in [-0.4, -0.2) is 71.0 Å². The van der Waals surface area contributed by atoms with Crippen molar-refractivity contribution in [2.45, 2.75) is 82.3 Å². The summed E-state index contributed by atoms with van der Waals surface area (Å²) in [6, 6.07) is 16.6. The lowest BCUT2D eigenvalue weighted by molar-refractivity contribution is -0.163. The van der Waals surface area contributed by atoms with Crippen LogP contribution in [0.4, 0.5) is 0 Å². The molecule has 1 aliphatic carbocycles. The average Bonchev–Trinajstić information content (AvgIpc) is 3.20. The molecule has 7 rings (SSSR count). The number of amides is 1. The zero-order valence-electron chi connectivity index (χ0n) is 31.5. The van der Waals surface area contributed by atoms with Gasteiger partial charge in [-0.15, -0.1) is 0 Å². The highest BCUT2D eigenvalue weighted by atomic mass is 16.5. The summed E-state index contributed by atoms with van der Waals surface area (Å²) in [6.45, 7) is 1.08. The van der Waals surface area contributed by atoms with E-state index in [0.29, 0.717) is 66.9 Å². The molecular weight excluding hydrogens is 674 g/mol. The number of carbonyl (C=O) groups excluding carboxylic acids is 2. The fourth-order valence-corrected chi connectivity index (χ4v) is 7.99. The van der Waals surface area contributed by atoms with Gasteiger partial charge in [-0.05, 0) is 116 Å². The van der Waals surface area contributed by atoms with Crippen LogP contribution in [-0.2, 0) is 20.7 Å². The van der Waals surface area contributed by atoms with E-state index in [1.165, 1.54) is 0 Å². The molecule has 10 nitrogen and oxygen atoms in total. The second-order valence-corrected chi connectivity index (χ2v) is 14.0. The molecule has 3 atom stereocenters. The van der Waals surface area contributed by atoms with E-state index >= 15 is 0 Å². The smallest absolute Gasteiger partial charge is 0.329 e. The highest BCUT2D eigenvalue weighted by molar-refractivity contribution is 5.89. The first-order chi connectivity index (χ1) is 25.9. The van der Waals surface area contributed by atoms with Gasteiger partial charge >= 0.3 is 5.97 Å². The first-order valence-electron chi connectivity index (χ1n) is 18.9. The number of aryl methyl sites for hydroxylation is 1. The number of methoxy groups -OCH3 is 4. The molecule has 1 saturated carbocycles. The Bertz CT molecular complexity index is 1710. The van der Waals surface area contributed by atoms with Crippen LogP contribution in [0.25, 0.3) is 0 Å². The molecule has 4 aliphatic rings. The van der Waals surface area contributed by atoms with Crippen molar-refractivity contribution in [1.29, 1.82) is 0 Å². The van der Waals surface area contributed by atoms with Gasteiger partial charge in [0.2, 0.25) is 11.7 Å². The summed E-state index contributed by atoms with van der Waals surface area (Å²) in [4.78, 5) is 31.2. The summed E-state index contributed by atoms with van der Waals surface area (Å²) in [5, 5.41) is 0. The number of benzene rings is 3. The summed E-state index contributed by atoms with van der Waals surface area (Å²) in [5.74, 6) is 2.61. The molecule has 0 spiro atoms. The summed E-state index contributed by atoms with van der Waals surface area (Å²) in [6.07, 6.45) is 11.7. The maximum Gasteiger partial charge on any atom is 0.329 e. The van der Waals surface area contributed by atoms with Gasteiger partial charge in [0.05, 0.1) is 34.4 Å². The van der Waals surface area contributed by atoms with Crippen LogP contribution in [0.1, 0.15) is 86.5 Å². The lowest BCUT2D eigenvalue weighted by atomic mass is 9.75. The van der Waals surface area contributed by atoms with E-state index in [9.17, 15) is 9.59 Å². The molecule has 0 radical (unpaired) electrons. The average molecular weight is 728 g/mol. The minimum absolute atomic E-state index is 0.0501. The third kappa shape index (κ3) is 9.03. The number of esters is 1. The van der Waals surface area contributed by atoms with Crippen LogP contribution in [0.2, 0.25) is 0 Å². The lowest BCUT2D eigenvalue weighted by Crippen LogP contribution is -2.51. The van der Waals surface area contributed by atoms with Crippen molar-refractivity contribution < 1.29 is 42.7 Å². The predicted octanol–water partition coefficient (Wildman–Crippen LogP) is 8.01. The van der Waals surface area contributed by atoms with Crippen LogP contribution < -0.4 is 28.4 Å². The van der Waals surface area contributed by atoms with Crippen LogP contribution in [0.3, 0.4) is 0 Å². The Kier molecular flexibility index (Phi) is 13.0. The van der Waals surface area contributed by atoms with Crippen LogP contribution in [0.15, 0.2) is 66.7 Å². The van der Waals surface area contributed by atoms with E-state index in [1.807, 2.05) is 66.7 Å². The second-order valence-electron chi connectivity index (χ2n) is 14.0. The largest absolute Gasteiger partial charge is 0.493 e. The lowest BCUT2D eigenvalue weighted by Gasteiger charge is -2.40. The predicted molar refractivity (Wildman–Crippen MR) is 201 cm³/mol. The van der Waals surface area contributed by atoms with Gasteiger partial charge in [0.1, 0.15) is 31.1 Å². The Hall–Kier alpha value is -4.86. The topological polar surface area (TPSA) is 102 Å². The normalized spacial score (nSPS) is 22.0. The fraction of sp³-hybridized carbons (Fsp3) is 0.488. The number of rotatable bonds is 8. The zero-order valence-corrected chi connectivity index (χ0v) is 31.5. The minimum Gasteiger partial charge on any atom is -0.493 e. The van der Waals surface area contributed by atoms with Crippen molar-refractivity contribution in [3.05, 3.63) is 83.4 Å². The van der Waals surface area contributed by atoms with Crippen LogP contribution >= 0.6 is 0 Å². The van der Waals surface area contributed by atoms with Crippen molar-refractivity contribution in [1.82, 2.24) is 4.90 Å². The minimum atomic E-state index is -0.701.